The molecule has 0 bridgehead atoms. The topological polar surface area (TPSA) is 83.3 Å². The summed E-state index contributed by atoms with van der Waals surface area (Å²) in [6.45, 7) is 7.02. The lowest BCUT2D eigenvalue weighted by molar-refractivity contribution is 0.114. The van der Waals surface area contributed by atoms with E-state index in [1.807, 2.05) is 20.8 Å². The van der Waals surface area contributed by atoms with Gasteiger partial charge in [-0.15, -0.1) is 0 Å². The van der Waals surface area contributed by atoms with Crippen LogP contribution in [0, 0.1) is 11.7 Å². The number of amides is 2. The van der Waals surface area contributed by atoms with E-state index in [0.29, 0.717) is 18.7 Å². The van der Waals surface area contributed by atoms with Gasteiger partial charge in [0.25, 0.3) is 0 Å². The molecule has 0 spiro atoms. The highest BCUT2D eigenvalue weighted by atomic mass is 19.1. The van der Waals surface area contributed by atoms with Gasteiger partial charge in [0, 0.05) is 12.6 Å². The molecule has 7 nitrogen and oxygen atoms in total. The van der Waals surface area contributed by atoms with Crippen molar-refractivity contribution in [3.8, 4) is 0 Å². The summed E-state index contributed by atoms with van der Waals surface area (Å²) in [5, 5.41) is 17.4. The fourth-order valence-corrected chi connectivity index (χ4v) is 2.64. The Hall–Kier alpha value is -2.48. The lowest BCUT2D eigenvalue weighted by atomic mass is 10.1. The van der Waals surface area contributed by atoms with Gasteiger partial charge in [0.15, 0.2) is 0 Å². The number of hydrogen-bond donors (Lipinski definition) is 2. The summed E-state index contributed by atoms with van der Waals surface area (Å²) in [5.41, 5.74) is 0.573. The molecule has 2 amide bonds. The molecule has 2 unspecified atom stereocenters. The van der Waals surface area contributed by atoms with Gasteiger partial charge in [-0.1, -0.05) is 26.0 Å². The fourth-order valence-electron chi connectivity index (χ4n) is 2.64. The second-order valence-corrected chi connectivity index (χ2v) is 6.83. The predicted molar refractivity (Wildman–Crippen MR) is 95.8 cm³/mol. The molecule has 2 atom stereocenters. The summed E-state index contributed by atoms with van der Waals surface area (Å²) in [6.07, 6.45) is 2.15. The van der Waals surface area contributed by atoms with Crippen LogP contribution >= 0.6 is 0 Å². The van der Waals surface area contributed by atoms with Crippen molar-refractivity contribution in [1.82, 2.24) is 25.0 Å². The zero-order chi connectivity index (χ0) is 19.1. The van der Waals surface area contributed by atoms with Crippen LogP contribution in [0.4, 0.5) is 9.18 Å². The van der Waals surface area contributed by atoms with E-state index in [9.17, 15) is 14.3 Å². The van der Waals surface area contributed by atoms with Crippen LogP contribution in [0.3, 0.4) is 0 Å². The second-order valence-electron chi connectivity index (χ2n) is 6.83. The maximum absolute atomic E-state index is 13.0. The first-order valence-corrected chi connectivity index (χ1v) is 8.66. The van der Waals surface area contributed by atoms with Crippen molar-refractivity contribution in [2.75, 3.05) is 13.1 Å². The van der Waals surface area contributed by atoms with Crippen LogP contribution in [0.25, 0.3) is 0 Å². The quantitative estimate of drug-likeness (QED) is 0.753. The molecular weight excluding hydrogens is 337 g/mol. The number of nitrogens with one attached hydrogen (secondary N) is 1. The first-order chi connectivity index (χ1) is 12.3. The number of nitrogens with zero attached hydrogens (tertiary/aromatic N) is 4. The number of rotatable bonds is 8. The normalized spacial score (nSPS) is 13.5. The number of urea groups is 1. The van der Waals surface area contributed by atoms with Crippen LogP contribution in [0.1, 0.15) is 32.4 Å². The van der Waals surface area contributed by atoms with Crippen molar-refractivity contribution in [3.05, 3.63) is 48.3 Å². The van der Waals surface area contributed by atoms with Gasteiger partial charge in [0.05, 0.1) is 19.2 Å². The molecule has 2 N–H and O–H groups in total. The average Bonchev–Trinajstić information content (AvgIpc) is 3.07. The molecule has 0 saturated heterocycles. The van der Waals surface area contributed by atoms with Crippen LogP contribution < -0.4 is 5.32 Å². The van der Waals surface area contributed by atoms with Crippen LogP contribution in [0.15, 0.2) is 36.9 Å². The van der Waals surface area contributed by atoms with Gasteiger partial charge in [-0.2, -0.15) is 5.10 Å². The SMILES string of the molecule is CC(C)CN(CC(O)c1ccc(F)cc1)C(=O)NC(C)Cn1cncn1. The zero-order valence-electron chi connectivity index (χ0n) is 15.3. The summed E-state index contributed by atoms with van der Waals surface area (Å²) in [4.78, 5) is 18.1. The number of benzene rings is 1. The Morgan fingerprint density at radius 3 is 2.54 bits per heavy atom. The van der Waals surface area contributed by atoms with E-state index in [0.717, 1.165) is 0 Å². The number of hydrogen-bond acceptors (Lipinski definition) is 4. The zero-order valence-corrected chi connectivity index (χ0v) is 15.3. The molecule has 0 aliphatic heterocycles. The smallest absolute Gasteiger partial charge is 0.317 e. The van der Waals surface area contributed by atoms with Gasteiger partial charge in [0.1, 0.15) is 18.5 Å². The first-order valence-electron chi connectivity index (χ1n) is 8.66. The predicted octanol–water partition coefficient (Wildman–Crippen LogP) is 2.21. The van der Waals surface area contributed by atoms with Crippen LogP contribution in [-0.4, -0.2) is 49.9 Å². The molecule has 2 rings (SSSR count). The third-order valence-corrected chi connectivity index (χ3v) is 3.82. The number of aromatic nitrogens is 3. The number of carbonyl (C=O) groups is 1. The summed E-state index contributed by atoms with van der Waals surface area (Å²) in [5.74, 6) is -0.119. The molecular formula is C18H26FN5O2. The highest BCUT2D eigenvalue weighted by Gasteiger charge is 2.21. The lowest BCUT2D eigenvalue weighted by Crippen LogP contribution is -2.47. The monoisotopic (exact) mass is 363 g/mol. The lowest BCUT2D eigenvalue weighted by Gasteiger charge is -2.28. The van der Waals surface area contributed by atoms with Crippen molar-refractivity contribution in [3.63, 3.8) is 0 Å². The maximum Gasteiger partial charge on any atom is 0.317 e. The summed E-state index contributed by atoms with van der Waals surface area (Å²) in [6, 6.07) is 5.24. The molecule has 0 aliphatic carbocycles. The van der Waals surface area contributed by atoms with Crippen molar-refractivity contribution >= 4 is 6.03 Å². The van der Waals surface area contributed by atoms with E-state index in [-0.39, 0.29) is 30.4 Å². The summed E-state index contributed by atoms with van der Waals surface area (Å²) in [7, 11) is 0. The van der Waals surface area contributed by atoms with Crippen LogP contribution in [0.2, 0.25) is 0 Å². The molecule has 0 saturated carbocycles. The molecule has 1 heterocycles. The van der Waals surface area contributed by atoms with E-state index < -0.39 is 6.10 Å². The second kappa shape index (κ2) is 9.28. The van der Waals surface area contributed by atoms with Gasteiger partial charge in [-0.05, 0) is 30.5 Å². The van der Waals surface area contributed by atoms with Crippen LogP contribution in [0.5, 0.6) is 0 Å². The summed E-state index contributed by atoms with van der Waals surface area (Å²) >= 11 is 0. The van der Waals surface area contributed by atoms with E-state index in [2.05, 4.69) is 15.4 Å². The van der Waals surface area contributed by atoms with E-state index in [1.54, 1.807) is 15.9 Å². The molecule has 1 aromatic carbocycles. The number of carbonyl (C=O) groups excluding carboxylic acids is 1. The van der Waals surface area contributed by atoms with E-state index in [4.69, 9.17) is 0 Å². The third-order valence-electron chi connectivity index (χ3n) is 3.82. The van der Waals surface area contributed by atoms with Crippen molar-refractivity contribution in [2.45, 2.75) is 39.5 Å². The first kappa shape index (κ1) is 19.8. The van der Waals surface area contributed by atoms with Gasteiger partial charge in [0.2, 0.25) is 0 Å². The molecule has 26 heavy (non-hydrogen) atoms. The van der Waals surface area contributed by atoms with Gasteiger partial charge in [-0.25, -0.2) is 14.2 Å². The van der Waals surface area contributed by atoms with Crippen molar-refractivity contribution in [2.24, 2.45) is 5.92 Å². The number of aliphatic hydroxyl groups excluding tert-OH is 1. The minimum atomic E-state index is -0.884. The Morgan fingerprint density at radius 2 is 1.96 bits per heavy atom. The molecule has 0 radical (unpaired) electrons. The van der Waals surface area contributed by atoms with Gasteiger partial charge < -0.3 is 15.3 Å². The minimum absolute atomic E-state index is 0.131. The molecule has 142 valence electrons. The van der Waals surface area contributed by atoms with Crippen LogP contribution in [-0.2, 0) is 6.54 Å². The Morgan fingerprint density at radius 1 is 1.27 bits per heavy atom. The molecule has 0 aliphatic rings. The highest BCUT2D eigenvalue weighted by Crippen LogP contribution is 2.16. The standard InChI is InChI=1S/C18H26FN5O2/c1-13(2)8-23(10-17(25)15-4-6-16(19)7-5-15)18(26)22-14(3)9-24-12-20-11-21-24/h4-7,11-14,17,25H,8-10H2,1-3H3,(H,22,26). The molecule has 0 fully saturated rings. The third kappa shape index (κ3) is 6.11. The highest BCUT2D eigenvalue weighted by molar-refractivity contribution is 5.74. The largest absolute Gasteiger partial charge is 0.387 e. The minimum Gasteiger partial charge on any atom is -0.387 e. The van der Waals surface area contributed by atoms with E-state index in [1.165, 1.54) is 30.6 Å². The maximum atomic E-state index is 13.0. The molecule has 2 aromatic rings. The van der Waals surface area contributed by atoms with Gasteiger partial charge >= 0.3 is 6.03 Å². The summed E-state index contributed by atoms with van der Waals surface area (Å²) < 4.78 is 14.7. The Balaban J connectivity index is 1.98. The number of aliphatic hydroxyl groups is 1. The Kier molecular flexibility index (Phi) is 7.08. The Labute approximate surface area is 152 Å². The Bertz CT molecular complexity index is 675. The molecule has 1 aromatic heterocycles. The van der Waals surface area contributed by atoms with Crippen molar-refractivity contribution in [1.29, 1.82) is 0 Å². The fraction of sp³-hybridized carbons (Fsp3) is 0.500. The van der Waals surface area contributed by atoms with Gasteiger partial charge in [-0.3, -0.25) is 4.68 Å². The average molecular weight is 363 g/mol. The molecule has 8 heteroatoms. The number of halogens is 1. The van der Waals surface area contributed by atoms with E-state index >= 15 is 0 Å². The van der Waals surface area contributed by atoms with Crippen molar-refractivity contribution < 1.29 is 14.3 Å².